The molecule has 0 bridgehead atoms. The van der Waals surface area contributed by atoms with Gasteiger partial charge in [-0.25, -0.2) is 0 Å². The smallest absolute Gasteiger partial charge is 0.0392 e. The number of nitrogens with two attached hydrogens (primary N) is 1. The van der Waals surface area contributed by atoms with E-state index in [-0.39, 0.29) is 0 Å². The highest BCUT2D eigenvalue weighted by Gasteiger charge is 1.99. The van der Waals surface area contributed by atoms with E-state index in [2.05, 4.69) is 4.99 Å². The third-order valence-corrected chi connectivity index (χ3v) is 1.69. The van der Waals surface area contributed by atoms with Crippen molar-refractivity contribution in [2.45, 2.75) is 25.7 Å². The van der Waals surface area contributed by atoms with Gasteiger partial charge in [0.05, 0.1) is 0 Å². The van der Waals surface area contributed by atoms with Crippen LogP contribution in [0.5, 0.6) is 0 Å². The van der Waals surface area contributed by atoms with Gasteiger partial charge >= 0.3 is 0 Å². The highest BCUT2D eigenvalue weighted by atomic mass is 14.7. The van der Waals surface area contributed by atoms with Gasteiger partial charge in [0, 0.05) is 12.3 Å². The highest BCUT2D eigenvalue weighted by molar-refractivity contribution is 5.94. The van der Waals surface area contributed by atoms with Crippen molar-refractivity contribution in [3.8, 4) is 0 Å². The van der Waals surface area contributed by atoms with Crippen molar-refractivity contribution in [2.24, 2.45) is 10.7 Å². The maximum absolute atomic E-state index is 5.25. The number of aliphatic imine (C=N–C) groups is 1. The first-order valence-corrected chi connectivity index (χ1v) is 3.85. The second-order valence-corrected chi connectivity index (χ2v) is 2.54. The fourth-order valence-electron chi connectivity index (χ4n) is 1.14. The zero-order valence-corrected chi connectivity index (χ0v) is 6.21. The lowest BCUT2D eigenvalue weighted by Crippen LogP contribution is -1.93. The molecule has 2 nitrogen and oxygen atoms in total. The maximum Gasteiger partial charge on any atom is 0.0392 e. The standard InChI is InChI=1S/C8H14N2/c9-6-5-8-4-2-1-3-7-10-8/h5-6H,1-4,7,9H2. The van der Waals surface area contributed by atoms with Gasteiger partial charge in [-0.05, 0) is 31.5 Å². The molecule has 1 heterocycles. The van der Waals surface area contributed by atoms with Crippen LogP contribution >= 0.6 is 0 Å². The van der Waals surface area contributed by atoms with E-state index < -0.39 is 0 Å². The van der Waals surface area contributed by atoms with E-state index >= 15 is 0 Å². The quantitative estimate of drug-likeness (QED) is 0.585. The Bertz CT molecular complexity index is 147. The summed E-state index contributed by atoms with van der Waals surface area (Å²) in [6.45, 7) is 0.986. The van der Waals surface area contributed by atoms with Gasteiger partial charge in [0.2, 0.25) is 0 Å². The number of hydrogen-bond donors (Lipinski definition) is 1. The molecular formula is C8H14N2. The maximum atomic E-state index is 5.25. The van der Waals surface area contributed by atoms with Crippen molar-refractivity contribution in [1.29, 1.82) is 0 Å². The summed E-state index contributed by atoms with van der Waals surface area (Å²) in [5.41, 5.74) is 6.42. The van der Waals surface area contributed by atoms with Gasteiger partial charge in [-0.2, -0.15) is 0 Å². The van der Waals surface area contributed by atoms with Gasteiger partial charge in [0.15, 0.2) is 0 Å². The summed E-state index contributed by atoms with van der Waals surface area (Å²) in [6.07, 6.45) is 8.40. The second-order valence-electron chi connectivity index (χ2n) is 2.54. The van der Waals surface area contributed by atoms with Gasteiger partial charge in [-0.15, -0.1) is 0 Å². The number of allylic oxidation sites excluding steroid dienone is 1. The fraction of sp³-hybridized carbons (Fsp3) is 0.625. The molecule has 0 fully saturated rings. The van der Waals surface area contributed by atoms with Crippen LogP contribution in [0.2, 0.25) is 0 Å². The topological polar surface area (TPSA) is 38.4 Å². The Labute approximate surface area is 61.8 Å². The lowest BCUT2D eigenvalue weighted by atomic mass is 10.1. The summed E-state index contributed by atoms with van der Waals surface area (Å²) in [4.78, 5) is 4.36. The summed E-state index contributed by atoms with van der Waals surface area (Å²) < 4.78 is 0. The first-order chi connectivity index (χ1) is 4.93. The van der Waals surface area contributed by atoms with Crippen LogP contribution < -0.4 is 5.73 Å². The molecule has 2 N–H and O–H groups in total. The average molecular weight is 138 g/mol. The van der Waals surface area contributed by atoms with Crippen molar-refractivity contribution >= 4 is 5.71 Å². The molecule has 0 saturated heterocycles. The Morgan fingerprint density at radius 1 is 1.30 bits per heavy atom. The molecule has 0 atom stereocenters. The van der Waals surface area contributed by atoms with E-state index in [4.69, 9.17) is 5.73 Å². The Hall–Kier alpha value is -0.790. The molecule has 0 aromatic carbocycles. The lowest BCUT2D eigenvalue weighted by Gasteiger charge is -1.93. The van der Waals surface area contributed by atoms with E-state index in [0.29, 0.717) is 0 Å². The minimum absolute atomic E-state index is 0.986. The first kappa shape index (κ1) is 7.32. The van der Waals surface area contributed by atoms with Gasteiger partial charge in [0.25, 0.3) is 0 Å². The van der Waals surface area contributed by atoms with Crippen molar-refractivity contribution in [1.82, 2.24) is 0 Å². The molecule has 0 radical (unpaired) electrons. The predicted molar refractivity (Wildman–Crippen MR) is 44.1 cm³/mol. The van der Waals surface area contributed by atoms with Crippen LogP contribution in [0.1, 0.15) is 25.7 Å². The summed E-state index contributed by atoms with van der Waals surface area (Å²) in [6, 6.07) is 0. The van der Waals surface area contributed by atoms with Crippen LogP contribution in [-0.4, -0.2) is 12.3 Å². The van der Waals surface area contributed by atoms with Crippen LogP contribution in [-0.2, 0) is 0 Å². The van der Waals surface area contributed by atoms with E-state index in [1.807, 2.05) is 6.08 Å². The second kappa shape index (κ2) is 4.09. The molecule has 10 heavy (non-hydrogen) atoms. The molecule has 0 aromatic heterocycles. The monoisotopic (exact) mass is 138 g/mol. The number of hydrogen-bond acceptors (Lipinski definition) is 2. The summed E-state index contributed by atoms with van der Waals surface area (Å²) in [7, 11) is 0. The van der Waals surface area contributed by atoms with Crippen LogP contribution in [0.4, 0.5) is 0 Å². The van der Waals surface area contributed by atoms with Gasteiger partial charge in [0.1, 0.15) is 0 Å². The molecule has 0 aliphatic carbocycles. The molecule has 1 aliphatic rings. The first-order valence-electron chi connectivity index (χ1n) is 3.85. The minimum Gasteiger partial charge on any atom is -0.405 e. The Kier molecular flexibility index (Phi) is 3.00. The molecule has 1 rings (SSSR count). The zero-order valence-electron chi connectivity index (χ0n) is 6.21. The minimum atomic E-state index is 0.986. The molecule has 56 valence electrons. The van der Waals surface area contributed by atoms with Crippen molar-refractivity contribution in [3.05, 3.63) is 12.3 Å². The van der Waals surface area contributed by atoms with Crippen molar-refractivity contribution in [3.63, 3.8) is 0 Å². The van der Waals surface area contributed by atoms with Crippen molar-refractivity contribution in [2.75, 3.05) is 6.54 Å². The zero-order chi connectivity index (χ0) is 7.23. The van der Waals surface area contributed by atoms with Gasteiger partial charge in [-0.3, -0.25) is 4.99 Å². The van der Waals surface area contributed by atoms with Crippen LogP contribution in [0.15, 0.2) is 17.3 Å². The molecule has 0 saturated carbocycles. The Balaban J connectivity index is 2.46. The number of nitrogens with zero attached hydrogens (tertiary/aromatic N) is 1. The van der Waals surface area contributed by atoms with Crippen molar-refractivity contribution < 1.29 is 0 Å². The van der Waals surface area contributed by atoms with Gasteiger partial charge in [-0.1, -0.05) is 6.42 Å². The Morgan fingerprint density at radius 3 is 3.00 bits per heavy atom. The molecule has 1 aliphatic heterocycles. The average Bonchev–Trinajstić information content (AvgIpc) is 2.17. The third-order valence-electron chi connectivity index (χ3n) is 1.69. The van der Waals surface area contributed by atoms with Crippen LogP contribution in [0.3, 0.4) is 0 Å². The highest BCUT2D eigenvalue weighted by Crippen LogP contribution is 2.07. The van der Waals surface area contributed by atoms with Crippen LogP contribution in [0.25, 0.3) is 0 Å². The molecule has 0 unspecified atom stereocenters. The van der Waals surface area contributed by atoms with E-state index in [9.17, 15) is 0 Å². The largest absolute Gasteiger partial charge is 0.405 e. The molecule has 2 heteroatoms. The van der Waals surface area contributed by atoms with E-state index in [1.165, 1.54) is 25.0 Å². The Morgan fingerprint density at radius 2 is 2.20 bits per heavy atom. The summed E-state index contributed by atoms with van der Waals surface area (Å²) >= 11 is 0. The third kappa shape index (κ3) is 2.21. The normalized spacial score (nSPS) is 20.6. The van der Waals surface area contributed by atoms with Crippen LogP contribution in [0, 0.1) is 0 Å². The lowest BCUT2D eigenvalue weighted by molar-refractivity contribution is 0.731. The molecule has 0 amide bonds. The summed E-state index contributed by atoms with van der Waals surface area (Å²) in [5, 5.41) is 0. The van der Waals surface area contributed by atoms with Gasteiger partial charge < -0.3 is 5.73 Å². The SMILES string of the molecule is NC=CC1=NCCCCC1. The summed E-state index contributed by atoms with van der Waals surface area (Å²) in [5.74, 6) is 0. The fourth-order valence-corrected chi connectivity index (χ4v) is 1.14. The predicted octanol–water partition coefficient (Wildman–Crippen LogP) is 1.47. The molecular weight excluding hydrogens is 124 g/mol. The molecule has 0 aromatic rings. The molecule has 0 spiro atoms. The van der Waals surface area contributed by atoms with E-state index in [0.717, 1.165) is 13.0 Å². The number of rotatable bonds is 1. The van der Waals surface area contributed by atoms with E-state index in [1.54, 1.807) is 6.20 Å².